The SMILES string of the molecule is COc1cc(C)c(C#Cc2nc3ccccc3o2)c(C)c1. The first kappa shape index (κ1) is 13.3. The Labute approximate surface area is 123 Å². The summed E-state index contributed by atoms with van der Waals surface area (Å²) in [5, 5.41) is 0. The van der Waals surface area contributed by atoms with Gasteiger partial charge in [0.2, 0.25) is 0 Å². The Bertz CT molecular complexity index is 810. The van der Waals surface area contributed by atoms with Gasteiger partial charge in [0.05, 0.1) is 7.11 Å². The highest BCUT2D eigenvalue weighted by atomic mass is 16.5. The Morgan fingerprint density at radius 3 is 2.43 bits per heavy atom. The van der Waals surface area contributed by atoms with Gasteiger partial charge in [-0.2, -0.15) is 0 Å². The highest BCUT2D eigenvalue weighted by Crippen LogP contribution is 2.21. The lowest BCUT2D eigenvalue weighted by Gasteiger charge is -2.06. The standard InChI is InChI=1S/C18H15NO2/c1-12-10-14(20-3)11-13(2)15(12)8-9-18-19-16-6-4-5-7-17(16)21-18/h4-7,10-11H,1-3H3. The lowest BCUT2D eigenvalue weighted by atomic mass is 10.0. The van der Waals surface area contributed by atoms with E-state index in [1.165, 1.54) is 0 Å². The van der Waals surface area contributed by atoms with Crippen LogP contribution >= 0.6 is 0 Å². The van der Waals surface area contributed by atoms with Gasteiger partial charge in [-0.15, -0.1) is 0 Å². The van der Waals surface area contributed by atoms with E-state index in [0.29, 0.717) is 5.89 Å². The summed E-state index contributed by atoms with van der Waals surface area (Å²) in [4.78, 5) is 4.36. The highest BCUT2D eigenvalue weighted by molar-refractivity contribution is 5.72. The van der Waals surface area contributed by atoms with Crippen LogP contribution in [0.2, 0.25) is 0 Å². The van der Waals surface area contributed by atoms with Crippen LogP contribution in [0.25, 0.3) is 11.1 Å². The molecule has 0 bridgehead atoms. The number of aromatic nitrogens is 1. The quantitative estimate of drug-likeness (QED) is 0.634. The van der Waals surface area contributed by atoms with Crippen LogP contribution in [-0.2, 0) is 0 Å². The maximum Gasteiger partial charge on any atom is 0.274 e. The van der Waals surface area contributed by atoms with Gasteiger partial charge in [0, 0.05) is 5.56 Å². The van der Waals surface area contributed by atoms with E-state index in [1.54, 1.807) is 7.11 Å². The van der Waals surface area contributed by atoms with Crippen molar-refractivity contribution in [1.82, 2.24) is 4.98 Å². The molecule has 3 nitrogen and oxygen atoms in total. The van der Waals surface area contributed by atoms with Crippen molar-refractivity contribution in [3.05, 3.63) is 59.0 Å². The maximum atomic E-state index is 5.60. The number of ether oxygens (including phenoxy) is 1. The molecule has 0 spiro atoms. The zero-order chi connectivity index (χ0) is 14.8. The molecule has 1 aromatic heterocycles. The van der Waals surface area contributed by atoms with Crippen molar-refractivity contribution < 1.29 is 9.15 Å². The van der Waals surface area contributed by atoms with Crippen LogP contribution in [0.15, 0.2) is 40.8 Å². The molecule has 0 amide bonds. The third kappa shape index (κ3) is 2.61. The number of nitrogens with zero attached hydrogens (tertiary/aromatic N) is 1. The molecule has 3 rings (SSSR count). The van der Waals surface area contributed by atoms with Gasteiger partial charge in [0.25, 0.3) is 5.89 Å². The number of hydrogen-bond donors (Lipinski definition) is 0. The molecule has 1 heterocycles. The topological polar surface area (TPSA) is 35.3 Å². The molecule has 21 heavy (non-hydrogen) atoms. The van der Waals surface area contributed by atoms with Crippen LogP contribution in [0.1, 0.15) is 22.6 Å². The van der Waals surface area contributed by atoms with Gasteiger partial charge in [-0.25, -0.2) is 4.98 Å². The van der Waals surface area contributed by atoms with Crippen LogP contribution in [0.3, 0.4) is 0 Å². The Hall–Kier alpha value is -2.73. The molecule has 0 saturated heterocycles. The first-order chi connectivity index (χ1) is 10.2. The summed E-state index contributed by atoms with van der Waals surface area (Å²) in [5.41, 5.74) is 4.72. The predicted octanol–water partition coefficient (Wildman–Crippen LogP) is 3.85. The normalized spacial score (nSPS) is 10.2. The molecule has 3 heteroatoms. The largest absolute Gasteiger partial charge is 0.497 e. The first-order valence-corrected chi connectivity index (χ1v) is 6.70. The summed E-state index contributed by atoms with van der Waals surface area (Å²) in [5.74, 6) is 7.43. The summed E-state index contributed by atoms with van der Waals surface area (Å²) >= 11 is 0. The van der Waals surface area contributed by atoms with Crippen LogP contribution in [0.4, 0.5) is 0 Å². The highest BCUT2D eigenvalue weighted by Gasteiger charge is 2.04. The van der Waals surface area contributed by atoms with E-state index in [0.717, 1.165) is 33.5 Å². The van der Waals surface area contributed by atoms with Gasteiger partial charge in [-0.3, -0.25) is 0 Å². The van der Waals surface area contributed by atoms with Crippen LogP contribution in [-0.4, -0.2) is 12.1 Å². The van der Waals surface area contributed by atoms with Crippen LogP contribution in [0.5, 0.6) is 5.75 Å². The van der Waals surface area contributed by atoms with Gasteiger partial charge in [-0.1, -0.05) is 18.1 Å². The average molecular weight is 277 g/mol. The van der Waals surface area contributed by atoms with Crippen molar-refractivity contribution in [2.75, 3.05) is 7.11 Å². The van der Waals surface area contributed by atoms with Crippen molar-refractivity contribution in [1.29, 1.82) is 0 Å². The van der Waals surface area contributed by atoms with E-state index in [-0.39, 0.29) is 0 Å². The van der Waals surface area contributed by atoms with E-state index in [2.05, 4.69) is 16.8 Å². The van der Waals surface area contributed by atoms with Crippen molar-refractivity contribution >= 4 is 11.1 Å². The Morgan fingerprint density at radius 2 is 1.76 bits per heavy atom. The second-order valence-electron chi connectivity index (χ2n) is 4.87. The fourth-order valence-corrected chi connectivity index (χ4v) is 2.28. The molecule has 104 valence electrons. The first-order valence-electron chi connectivity index (χ1n) is 6.70. The molecule has 0 fully saturated rings. The van der Waals surface area contributed by atoms with Gasteiger partial charge in [0.1, 0.15) is 11.3 Å². The Kier molecular flexibility index (Phi) is 3.37. The van der Waals surface area contributed by atoms with E-state index < -0.39 is 0 Å². The third-order valence-corrected chi connectivity index (χ3v) is 3.33. The zero-order valence-corrected chi connectivity index (χ0v) is 12.2. The predicted molar refractivity (Wildman–Crippen MR) is 82.5 cm³/mol. The molecule has 0 N–H and O–H groups in total. The third-order valence-electron chi connectivity index (χ3n) is 3.33. The van der Waals surface area contributed by atoms with Gasteiger partial charge >= 0.3 is 0 Å². The fourth-order valence-electron chi connectivity index (χ4n) is 2.28. The van der Waals surface area contributed by atoms with Crippen molar-refractivity contribution in [2.45, 2.75) is 13.8 Å². The minimum atomic E-state index is 0.436. The van der Waals surface area contributed by atoms with E-state index in [4.69, 9.17) is 9.15 Å². The minimum Gasteiger partial charge on any atom is -0.497 e. The summed E-state index contributed by atoms with van der Waals surface area (Å²) in [6.07, 6.45) is 0. The fraction of sp³-hybridized carbons (Fsp3) is 0.167. The molecule has 0 aliphatic heterocycles. The summed E-state index contributed by atoms with van der Waals surface area (Å²) < 4.78 is 10.9. The van der Waals surface area contributed by atoms with Gasteiger partial charge in [-0.05, 0) is 55.2 Å². The second-order valence-corrected chi connectivity index (χ2v) is 4.87. The lowest BCUT2D eigenvalue weighted by Crippen LogP contribution is -1.91. The number of oxazole rings is 1. The number of rotatable bonds is 1. The molecule has 0 saturated carbocycles. The van der Waals surface area contributed by atoms with Gasteiger partial charge < -0.3 is 9.15 Å². The molecule has 0 atom stereocenters. The van der Waals surface area contributed by atoms with E-state index >= 15 is 0 Å². The minimum absolute atomic E-state index is 0.436. The van der Waals surface area contributed by atoms with Crippen molar-refractivity contribution in [2.24, 2.45) is 0 Å². The molecular weight excluding hydrogens is 262 g/mol. The smallest absolute Gasteiger partial charge is 0.274 e. The van der Waals surface area contributed by atoms with Crippen molar-refractivity contribution in [3.63, 3.8) is 0 Å². The zero-order valence-electron chi connectivity index (χ0n) is 12.2. The molecule has 0 aliphatic carbocycles. The molecular formula is C18H15NO2. The number of benzene rings is 2. The average Bonchev–Trinajstić information content (AvgIpc) is 2.88. The number of fused-ring (bicyclic) bond motifs is 1. The Morgan fingerprint density at radius 1 is 1.05 bits per heavy atom. The molecule has 3 aromatic rings. The Balaban J connectivity index is 2.01. The van der Waals surface area contributed by atoms with Crippen LogP contribution in [0, 0.1) is 25.7 Å². The summed E-state index contributed by atoms with van der Waals surface area (Å²) in [6, 6.07) is 11.6. The number of aryl methyl sites for hydroxylation is 2. The molecule has 2 aromatic carbocycles. The molecule has 0 aliphatic rings. The van der Waals surface area contributed by atoms with Gasteiger partial charge in [0.15, 0.2) is 5.58 Å². The number of para-hydroxylation sites is 2. The van der Waals surface area contributed by atoms with Crippen molar-refractivity contribution in [3.8, 4) is 17.6 Å². The lowest BCUT2D eigenvalue weighted by molar-refractivity contribution is 0.414. The summed E-state index contributed by atoms with van der Waals surface area (Å²) in [7, 11) is 1.66. The second kappa shape index (κ2) is 5.34. The van der Waals surface area contributed by atoms with E-state index in [1.807, 2.05) is 50.2 Å². The number of hydrogen-bond acceptors (Lipinski definition) is 3. The maximum absolute atomic E-state index is 5.60. The van der Waals surface area contributed by atoms with Crippen LogP contribution < -0.4 is 4.74 Å². The number of methoxy groups -OCH3 is 1. The molecule has 0 radical (unpaired) electrons. The summed E-state index contributed by atoms with van der Waals surface area (Å²) in [6.45, 7) is 4.04. The van der Waals surface area contributed by atoms with E-state index in [9.17, 15) is 0 Å². The monoisotopic (exact) mass is 277 g/mol. The molecule has 0 unspecified atom stereocenters.